The van der Waals surface area contributed by atoms with E-state index < -0.39 is 0 Å². The van der Waals surface area contributed by atoms with E-state index in [4.69, 9.17) is 4.74 Å². The van der Waals surface area contributed by atoms with E-state index in [2.05, 4.69) is 0 Å². The molecule has 0 bridgehead atoms. The van der Waals surface area contributed by atoms with Crippen LogP contribution in [0.5, 0.6) is 5.75 Å². The first-order valence-electron chi connectivity index (χ1n) is 8.20. The minimum Gasteiger partial charge on any atom is -0.484 e. The van der Waals surface area contributed by atoms with E-state index in [0.717, 1.165) is 5.56 Å². The molecule has 1 aliphatic rings. The first-order chi connectivity index (χ1) is 11.5. The third kappa shape index (κ3) is 5.37. The average Bonchev–Trinajstić information content (AvgIpc) is 2.59. The highest BCUT2D eigenvalue weighted by atomic mass is 16.5. The lowest BCUT2D eigenvalue weighted by molar-refractivity contribution is -0.141. The molecule has 130 valence electrons. The number of aryl methyl sites for hydroxylation is 1. The number of piperazine rings is 1. The first-order valence-corrected chi connectivity index (χ1v) is 8.20. The van der Waals surface area contributed by atoms with Crippen LogP contribution in [-0.2, 0) is 14.4 Å². The number of ketones is 1. The van der Waals surface area contributed by atoms with Gasteiger partial charge in [-0.2, -0.15) is 0 Å². The van der Waals surface area contributed by atoms with Crippen molar-refractivity contribution in [2.45, 2.75) is 26.7 Å². The van der Waals surface area contributed by atoms with Crippen LogP contribution in [-0.4, -0.2) is 60.2 Å². The maximum absolute atomic E-state index is 12.2. The molecule has 0 spiro atoms. The number of hydrogen-bond acceptors (Lipinski definition) is 4. The molecule has 0 saturated carbocycles. The lowest BCUT2D eigenvalue weighted by atomic mass is 10.2. The Morgan fingerprint density at radius 1 is 0.917 bits per heavy atom. The fourth-order valence-electron chi connectivity index (χ4n) is 2.52. The number of nitrogens with zero attached hydrogens (tertiary/aromatic N) is 2. The second kappa shape index (κ2) is 8.47. The molecule has 1 aliphatic heterocycles. The van der Waals surface area contributed by atoms with Crippen LogP contribution in [0, 0.1) is 6.92 Å². The summed E-state index contributed by atoms with van der Waals surface area (Å²) < 4.78 is 5.51. The number of carbonyl (C=O) groups excluding carboxylic acids is 3. The largest absolute Gasteiger partial charge is 0.484 e. The Balaban J connectivity index is 1.73. The van der Waals surface area contributed by atoms with Crippen LogP contribution in [0.1, 0.15) is 25.3 Å². The van der Waals surface area contributed by atoms with Crippen molar-refractivity contribution < 1.29 is 19.1 Å². The summed E-state index contributed by atoms with van der Waals surface area (Å²) in [5, 5.41) is 0. The van der Waals surface area contributed by atoms with Crippen molar-refractivity contribution in [2.75, 3.05) is 32.8 Å². The summed E-state index contributed by atoms with van der Waals surface area (Å²) in [6.07, 6.45) is 0.530. The lowest BCUT2D eigenvalue weighted by Gasteiger charge is -2.34. The molecular formula is C18H24N2O4. The second-order valence-corrected chi connectivity index (χ2v) is 6.07. The van der Waals surface area contributed by atoms with Crippen molar-refractivity contribution in [3.8, 4) is 5.75 Å². The van der Waals surface area contributed by atoms with Gasteiger partial charge in [-0.25, -0.2) is 0 Å². The maximum Gasteiger partial charge on any atom is 0.260 e. The van der Waals surface area contributed by atoms with E-state index in [1.807, 2.05) is 31.2 Å². The van der Waals surface area contributed by atoms with Gasteiger partial charge in [0.05, 0.1) is 0 Å². The molecule has 0 unspecified atom stereocenters. The lowest BCUT2D eigenvalue weighted by Crippen LogP contribution is -2.51. The number of ether oxygens (including phenoxy) is 1. The summed E-state index contributed by atoms with van der Waals surface area (Å²) in [4.78, 5) is 38.5. The zero-order chi connectivity index (χ0) is 17.5. The van der Waals surface area contributed by atoms with Crippen molar-refractivity contribution in [2.24, 2.45) is 0 Å². The van der Waals surface area contributed by atoms with E-state index in [-0.39, 0.29) is 37.0 Å². The highest BCUT2D eigenvalue weighted by Crippen LogP contribution is 2.12. The number of amides is 2. The number of benzene rings is 1. The summed E-state index contributed by atoms with van der Waals surface area (Å²) in [5.74, 6) is 0.594. The fourth-order valence-corrected chi connectivity index (χ4v) is 2.52. The molecule has 0 aromatic heterocycles. The molecule has 1 saturated heterocycles. The Hall–Kier alpha value is -2.37. The average molecular weight is 332 g/mol. The van der Waals surface area contributed by atoms with Gasteiger partial charge >= 0.3 is 0 Å². The van der Waals surface area contributed by atoms with Gasteiger partial charge in [-0.3, -0.25) is 9.59 Å². The Kier molecular flexibility index (Phi) is 6.35. The molecule has 6 nitrogen and oxygen atoms in total. The molecule has 0 N–H and O–H groups in total. The highest BCUT2D eigenvalue weighted by Gasteiger charge is 2.24. The predicted octanol–water partition coefficient (Wildman–Crippen LogP) is 1.41. The van der Waals surface area contributed by atoms with Crippen molar-refractivity contribution >= 4 is 17.6 Å². The van der Waals surface area contributed by atoms with Gasteiger partial charge in [0.2, 0.25) is 5.91 Å². The molecule has 2 rings (SSSR count). The number of carbonyl (C=O) groups is 3. The van der Waals surface area contributed by atoms with E-state index >= 15 is 0 Å². The van der Waals surface area contributed by atoms with Crippen molar-refractivity contribution in [3.63, 3.8) is 0 Å². The van der Waals surface area contributed by atoms with Crippen molar-refractivity contribution in [1.29, 1.82) is 0 Å². The normalized spacial score (nSPS) is 14.4. The topological polar surface area (TPSA) is 66.9 Å². The smallest absolute Gasteiger partial charge is 0.260 e. The molecule has 1 aromatic rings. The molecule has 1 heterocycles. The molecule has 24 heavy (non-hydrogen) atoms. The van der Waals surface area contributed by atoms with Gasteiger partial charge in [0.1, 0.15) is 11.5 Å². The highest BCUT2D eigenvalue weighted by molar-refractivity contribution is 5.84. The van der Waals surface area contributed by atoms with Crippen LogP contribution in [0.15, 0.2) is 24.3 Å². The van der Waals surface area contributed by atoms with Crippen LogP contribution < -0.4 is 4.74 Å². The fraction of sp³-hybridized carbons (Fsp3) is 0.500. The van der Waals surface area contributed by atoms with Crippen LogP contribution in [0.3, 0.4) is 0 Å². The van der Waals surface area contributed by atoms with E-state index in [0.29, 0.717) is 31.9 Å². The van der Waals surface area contributed by atoms with E-state index in [1.165, 1.54) is 6.92 Å². The van der Waals surface area contributed by atoms with Gasteiger partial charge in [-0.15, -0.1) is 0 Å². The van der Waals surface area contributed by atoms with Crippen LogP contribution in [0.25, 0.3) is 0 Å². The van der Waals surface area contributed by atoms with Gasteiger partial charge in [0.25, 0.3) is 5.91 Å². The molecule has 0 radical (unpaired) electrons. The molecular weight excluding hydrogens is 308 g/mol. The summed E-state index contributed by atoms with van der Waals surface area (Å²) in [7, 11) is 0. The maximum atomic E-state index is 12.2. The number of hydrogen-bond donors (Lipinski definition) is 0. The van der Waals surface area contributed by atoms with Gasteiger partial charge in [-0.05, 0) is 26.0 Å². The van der Waals surface area contributed by atoms with Crippen LogP contribution >= 0.6 is 0 Å². The molecule has 1 aromatic carbocycles. The molecule has 0 atom stereocenters. The second-order valence-electron chi connectivity index (χ2n) is 6.07. The van der Waals surface area contributed by atoms with Crippen molar-refractivity contribution in [1.82, 2.24) is 9.80 Å². The Labute approximate surface area is 142 Å². The Bertz CT molecular complexity index is 590. The molecule has 1 fully saturated rings. The quantitative estimate of drug-likeness (QED) is 0.790. The third-order valence-corrected chi connectivity index (χ3v) is 4.06. The zero-order valence-electron chi connectivity index (χ0n) is 14.3. The van der Waals surface area contributed by atoms with Crippen LogP contribution in [0.2, 0.25) is 0 Å². The summed E-state index contributed by atoms with van der Waals surface area (Å²) in [5.41, 5.74) is 1.14. The van der Waals surface area contributed by atoms with Gasteiger partial charge in [-0.1, -0.05) is 17.7 Å². The predicted molar refractivity (Wildman–Crippen MR) is 89.7 cm³/mol. The van der Waals surface area contributed by atoms with E-state index in [1.54, 1.807) is 9.80 Å². The molecule has 0 aliphatic carbocycles. The number of rotatable bonds is 6. The number of Topliss-reactive ketones (excluding diaryl/α,β-unsaturated/α-hetero) is 1. The molecule has 6 heteroatoms. The van der Waals surface area contributed by atoms with Gasteiger partial charge in [0, 0.05) is 39.0 Å². The Morgan fingerprint density at radius 3 is 2.00 bits per heavy atom. The van der Waals surface area contributed by atoms with Gasteiger partial charge < -0.3 is 19.3 Å². The monoisotopic (exact) mass is 332 g/mol. The first kappa shape index (κ1) is 18.0. The standard InChI is InChI=1S/C18H24N2O4/c1-14-3-6-16(7-4-14)24-13-18(23)20-11-9-19(10-12-20)17(22)8-5-15(2)21/h3-4,6-7H,5,8-13H2,1-2H3. The van der Waals surface area contributed by atoms with Crippen molar-refractivity contribution in [3.05, 3.63) is 29.8 Å². The molecule has 2 amide bonds. The zero-order valence-corrected chi connectivity index (χ0v) is 14.3. The minimum absolute atomic E-state index is 0.00133. The van der Waals surface area contributed by atoms with Gasteiger partial charge in [0.15, 0.2) is 6.61 Å². The third-order valence-electron chi connectivity index (χ3n) is 4.06. The summed E-state index contributed by atoms with van der Waals surface area (Å²) >= 11 is 0. The summed E-state index contributed by atoms with van der Waals surface area (Å²) in [6, 6.07) is 7.55. The summed E-state index contributed by atoms with van der Waals surface area (Å²) in [6.45, 7) is 5.50. The Morgan fingerprint density at radius 2 is 1.46 bits per heavy atom. The van der Waals surface area contributed by atoms with Crippen LogP contribution in [0.4, 0.5) is 0 Å². The minimum atomic E-state index is -0.0774. The SMILES string of the molecule is CC(=O)CCC(=O)N1CCN(C(=O)COc2ccc(C)cc2)CC1. The van der Waals surface area contributed by atoms with E-state index in [9.17, 15) is 14.4 Å².